The summed E-state index contributed by atoms with van der Waals surface area (Å²) in [5.41, 5.74) is 0. The SMILES string of the molecule is CSCCCC1CCCCCC1=O. The van der Waals surface area contributed by atoms with Gasteiger partial charge in [-0.05, 0) is 37.7 Å². The highest BCUT2D eigenvalue weighted by Gasteiger charge is 2.19. The number of thioether (sulfide) groups is 1. The predicted octanol–water partition coefficient (Wildman–Crippen LogP) is 3.28. The van der Waals surface area contributed by atoms with Crippen LogP contribution in [0.25, 0.3) is 0 Å². The summed E-state index contributed by atoms with van der Waals surface area (Å²) < 4.78 is 0. The van der Waals surface area contributed by atoms with E-state index in [2.05, 4.69) is 6.26 Å². The maximum atomic E-state index is 11.6. The summed E-state index contributed by atoms with van der Waals surface area (Å²) in [6.07, 6.45) is 10.2. The van der Waals surface area contributed by atoms with Crippen LogP contribution in [-0.4, -0.2) is 17.8 Å². The van der Waals surface area contributed by atoms with Crippen LogP contribution in [0.2, 0.25) is 0 Å². The van der Waals surface area contributed by atoms with Crippen molar-refractivity contribution in [2.75, 3.05) is 12.0 Å². The molecule has 13 heavy (non-hydrogen) atoms. The molecule has 1 aliphatic carbocycles. The third-order valence-corrected chi connectivity index (χ3v) is 3.53. The molecule has 2 heteroatoms. The zero-order chi connectivity index (χ0) is 9.52. The van der Waals surface area contributed by atoms with Gasteiger partial charge in [0.15, 0.2) is 0 Å². The highest BCUT2D eigenvalue weighted by molar-refractivity contribution is 7.98. The maximum Gasteiger partial charge on any atom is 0.135 e. The van der Waals surface area contributed by atoms with E-state index in [1.807, 2.05) is 11.8 Å². The molecule has 0 aromatic carbocycles. The van der Waals surface area contributed by atoms with Crippen molar-refractivity contribution in [1.29, 1.82) is 0 Å². The maximum absolute atomic E-state index is 11.6. The van der Waals surface area contributed by atoms with Crippen LogP contribution in [0.15, 0.2) is 0 Å². The second kappa shape index (κ2) is 6.47. The van der Waals surface area contributed by atoms with Crippen molar-refractivity contribution in [2.45, 2.75) is 44.9 Å². The molecule has 0 N–H and O–H groups in total. The van der Waals surface area contributed by atoms with Gasteiger partial charge in [-0.3, -0.25) is 4.79 Å². The molecule has 76 valence electrons. The average molecular weight is 200 g/mol. The molecule has 0 aromatic rings. The van der Waals surface area contributed by atoms with Crippen molar-refractivity contribution < 1.29 is 4.79 Å². The third kappa shape index (κ3) is 4.17. The van der Waals surface area contributed by atoms with Gasteiger partial charge in [0.1, 0.15) is 5.78 Å². The van der Waals surface area contributed by atoms with Crippen LogP contribution in [0, 0.1) is 5.92 Å². The first-order valence-electron chi connectivity index (χ1n) is 5.36. The minimum atomic E-state index is 0.412. The first-order valence-corrected chi connectivity index (χ1v) is 6.75. The second-order valence-electron chi connectivity index (χ2n) is 3.90. The van der Waals surface area contributed by atoms with E-state index in [9.17, 15) is 4.79 Å². The smallest absolute Gasteiger partial charge is 0.135 e. The van der Waals surface area contributed by atoms with Crippen molar-refractivity contribution in [3.8, 4) is 0 Å². The van der Waals surface area contributed by atoms with Gasteiger partial charge in [0, 0.05) is 12.3 Å². The van der Waals surface area contributed by atoms with E-state index in [4.69, 9.17) is 0 Å². The summed E-state index contributed by atoms with van der Waals surface area (Å²) in [5.74, 6) is 2.16. The standard InChI is InChI=1S/C11H20OS/c1-13-9-5-7-10-6-3-2-4-8-11(10)12/h10H,2-9H2,1H3. The lowest BCUT2D eigenvalue weighted by molar-refractivity contribution is -0.122. The van der Waals surface area contributed by atoms with Gasteiger partial charge in [-0.15, -0.1) is 0 Å². The van der Waals surface area contributed by atoms with Gasteiger partial charge in [-0.2, -0.15) is 11.8 Å². The largest absolute Gasteiger partial charge is 0.299 e. The van der Waals surface area contributed by atoms with Crippen molar-refractivity contribution >= 4 is 17.5 Å². The fraction of sp³-hybridized carbons (Fsp3) is 0.909. The first kappa shape index (κ1) is 11.1. The van der Waals surface area contributed by atoms with Crippen LogP contribution in [0.3, 0.4) is 0 Å². The van der Waals surface area contributed by atoms with E-state index < -0.39 is 0 Å². The molecule has 1 fully saturated rings. The summed E-state index contributed by atoms with van der Waals surface area (Å²) in [5, 5.41) is 0. The summed E-state index contributed by atoms with van der Waals surface area (Å²) in [7, 11) is 0. The van der Waals surface area contributed by atoms with Crippen LogP contribution in [0.4, 0.5) is 0 Å². The van der Waals surface area contributed by atoms with E-state index >= 15 is 0 Å². The summed E-state index contributed by atoms with van der Waals surface area (Å²) in [6.45, 7) is 0. The van der Waals surface area contributed by atoms with E-state index in [0.29, 0.717) is 11.7 Å². The molecule has 0 aliphatic heterocycles. The lowest BCUT2D eigenvalue weighted by atomic mass is 9.94. The van der Waals surface area contributed by atoms with E-state index in [1.165, 1.54) is 25.0 Å². The third-order valence-electron chi connectivity index (χ3n) is 2.83. The summed E-state index contributed by atoms with van der Waals surface area (Å²) in [6, 6.07) is 0. The molecule has 1 aliphatic rings. The Labute approximate surface area is 85.7 Å². The number of hydrogen-bond donors (Lipinski definition) is 0. The Bertz CT molecular complexity index is 156. The monoisotopic (exact) mass is 200 g/mol. The van der Waals surface area contributed by atoms with Gasteiger partial charge in [0.25, 0.3) is 0 Å². The molecule has 0 heterocycles. The van der Waals surface area contributed by atoms with Gasteiger partial charge < -0.3 is 0 Å². The quantitative estimate of drug-likeness (QED) is 0.512. The fourth-order valence-electron chi connectivity index (χ4n) is 2.01. The molecule has 0 aromatic heterocycles. The minimum absolute atomic E-state index is 0.412. The Morgan fingerprint density at radius 2 is 2.23 bits per heavy atom. The number of hydrogen-bond acceptors (Lipinski definition) is 2. The zero-order valence-electron chi connectivity index (χ0n) is 8.55. The van der Waals surface area contributed by atoms with Gasteiger partial charge >= 0.3 is 0 Å². The topological polar surface area (TPSA) is 17.1 Å². The lowest BCUT2D eigenvalue weighted by Crippen LogP contribution is -2.12. The zero-order valence-corrected chi connectivity index (χ0v) is 9.37. The first-order chi connectivity index (χ1) is 6.34. The second-order valence-corrected chi connectivity index (χ2v) is 4.88. The number of carbonyl (C=O) groups excluding carboxylic acids is 1. The average Bonchev–Trinajstić information content (AvgIpc) is 2.32. The summed E-state index contributed by atoms with van der Waals surface area (Å²) >= 11 is 1.89. The molecule has 1 saturated carbocycles. The van der Waals surface area contributed by atoms with Crippen molar-refractivity contribution in [3.05, 3.63) is 0 Å². The normalized spacial score (nSPS) is 24.4. The van der Waals surface area contributed by atoms with Gasteiger partial charge in [-0.1, -0.05) is 12.8 Å². The fourth-order valence-corrected chi connectivity index (χ4v) is 2.47. The molecule has 0 bridgehead atoms. The molecule has 1 nitrogen and oxygen atoms in total. The summed E-state index contributed by atoms with van der Waals surface area (Å²) in [4.78, 5) is 11.6. The van der Waals surface area contributed by atoms with Gasteiger partial charge in [0.05, 0.1) is 0 Å². The molecule has 0 amide bonds. The van der Waals surface area contributed by atoms with Gasteiger partial charge in [-0.25, -0.2) is 0 Å². The van der Waals surface area contributed by atoms with Crippen LogP contribution in [0.5, 0.6) is 0 Å². The molecule has 0 saturated heterocycles. The highest BCUT2D eigenvalue weighted by atomic mass is 32.2. The lowest BCUT2D eigenvalue weighted by Gasteiger charge is -2.11. The van der Waals surface area contributed by atoms with Crippen molar-refractivity contribution in [3.63, 3.8) is 0 Å². The van der Waals surface area contributed by atoms with Crippen molar-refractivity contribution in [1.82, 2.24) is 0 Å². The Hall–Kier alpha value is 0.0200. The van der Waals surface area contributed by atoms with Gasteiger partial charge in [0.2, 0.25) is 0 Å². The number of rotatable bonds is 4. The van der Waals surface area contributed by atoms with Crippen LogP contribution >= 0.6 is 11.8 Å². The highest BCUT2D eigenvalue weighted by Crippen LogP contribution is 2.24. The number of carbonyl (C=O) groups is 1. The Morgan fingerprint density at radius 1 is 1.38 bits per heavy atom. The van der Waals surface area contributed by atoms with Crippen LogP contribution in [-0.2, 0) is 4.79 Å². The predicted molar refractivity (Wildman–Crippen MR) is 59.2 cm³/mol. The molecule has 1 rings (SSSR count). The van der Waals surface area contributed by atoms with E-state index in [-0.39, 0.29) is 0 Å². The van der Waals surface area contributed by atoms with E-state index in [1.54, 1.807) is 0 Å². The van der Waals surface area contributed by atoms with E-state index in [0.717, 1.165) is 25.7 Å². The van der Waals surface area contributed by atoms with Crippen LogP contribution < -0.4 is 0 Å². The Kier molecular flexibility index (Phi) is 5.52. The van der Waals surface area contributed by atoms with Crippen LogP contribution in [0.1, 0.15) is 44.9 Å². The molecule has 0 spiro atoms. The molecular formula is C11H20OS. The Balaban J connectivity index is 2.24. The molecule has 1 atom stereocenters. The molecule has 0 radical (unpaired) electrons. The number of ketones is 1. The minimum Gasteiger partial charge on any atom is -0.299 e. The number of Topliss-reactive ketones (excluding diaryl/α,β-unsaturated/α-hetero) is 1. The van der Waals surface area contributed by atoms with Crippen molar-refractivity contribution in [2.24, 2.45) is 5.92 Å². The Morgan fingerprint density at radius 3 is 3.00 bits per heavy atom. The molecular weight excluding hydrogens is 180 g/mol. The molecule has 1 unspecified atom stereocenters.